The normalized spacial score (nSPS) is 50.3. The third kappa shape index (κ3) is 4.12. The van der Waals surface area contributed by atoms with Gasteiger partial charge in [-0.2, -0.15) is 0 Å². The van der Waals surface area contributed by atoms with E-state index in [9.17, 15) is 25.5 Å². The average Bonchev–Trinajstić information content (AvgIpc) is 3.03. The van der Waals surface area contributed by atoms with Gasteiger partial charge in [-0.15, -0.1) is 0 Å². The van der Waals surface area contributed by atoms with E-state index in [0.29, 0.717) is 36.5 Å². The molecule has 4 fully saturated rings. The van der Waals surface area contributed by atoms with Gasteiger partial charge in [-0.25, -0.2) is 0 Å². The first-order chi connectivity index (χ1) is 15.4. The first-order valence-electron chi connectivity index (χ1n) is 13.7. The highest BCUT2D eigenvalue weighted by Crippen LogP contribution is 2.68. The van der Waals surface area contributed by atoms with Gasteiger partial charge < -0.3 is 25.5 Å². The standard InChI is InChI=1S/C28H50O5/c1-16(2)28(33,15-29)11-6-17(3)21-14-24(32)25-19-13-23(31)22-12-18(30)7-9-26(22,4)20(19)8-10-27(21,25)5/h16-25,29-33H,6-15H2,1-5H3/t17-,18+,19-,20+,21-,22?,23+,24?,25?,26-,27-,28-/m1/s1. The Labute approximate surface area is 201 Å². The van der Waals surface area contributed by atoms with E-state index in [0.717, 1.165) is 44.9 Å². The summed E-state index contributed by atoms with van der Waals surface area (Å²) in [6, 6.07) is 0. The minimum Gasteiger partial charge on any atom is -0.393 e. The first-order valence-corrected chi connectivity index (χ1v) is 13.7. The highest BCUT2D eigenvalue weighted by Gasteiger charge is 2.64. The summed E-state index contributed by atoms with van der Waals surface area (Å²) in [5, 5.41) is 53.5. The smallest absolute Gasteiger partial charge is 0.0900 e. The lowest BCUT2D eigenvalue weighted by Gasteiger charge is -2.62. The van der Waals surface area contributed by atoms with Crippen LogP contribution in [0.1, 0.15) is 92.4 Å². The molecule has 33 heavy (non-hydrogen) atoms. The van der Waals surface area contributed by atoms with Crippen molar-refractivity contribution >= 4 is 0 Å². The number of hydrogen-bond donors (Lipinski definition) is 5. The van der Waals surface area contributed by atoms with Crippen molar-refractivity contribution in [2.24, 2.45) is 52.3 Å². The maximum absolute atomic E-state index is 11.4. The van der Waals surface area contributed by atoms with Crippen molar-refractivity contribution in [3.05, 3.63) is 0 Å². The Balaban J connectivity index is 1.53. The summed E-state index contributed by atoms with van der Waals surface area (Å²) in [5.74, 6) is 2.01. The number of aliphatic hydroxyl groups excluding tert-OH is 4. The summed E-state index contributed by atoms with van der Waals surface area (Å²) >= 11 is 0. The van der Waals surface area contributed by atoms with Crippen molar-refractivity contribution in [2.45, 2.75) is 116 Å². The fourth-order valence-corrected chi connectivity index (χ4v) is 9.50. The lowest BCUT2D eigenvalue weighted by molar-refractivity contribution is -0.181. The van der Waals surface area contributed by atoms with Gasteiger partial charge in [0, 0.05) is 0 Å². The molecule has 0 spiro atoms. The minimum atomic E-state index is -1.04. The average molecular weight is 467 g/mol. The highest BCUT2D eigenvalue weighted by molar-refractivity contribution is 5.13. The topological polar surface area (TPSA) is 101 Å². The lowest BCUT2D eigenvalue weighted by atomic mass is 9.43. The molecule has 0 saturated heterocycles. The molecule has 3 unspecified atom stereocenters. The second-order valence-corrected chi connectivity index (χ2v) is 13.5. The Morgan fingerprint density at radius 2 is 1.55 bits per heavy atom. The van der Waals surface area contributed by atoms with Gasteiger partial charge in [-0.05, 0) is 110 Å². The second kappa shape index (κ2) is 9.03. The second-order valence-electron chi connectivity index (χ2n) is 13.5. The van der Waals surface area contributed by atoms with Gasteiger partial charge in [0.15, 0.2) is 0 Å². The van der Waals surface area contributed by atoms with Crippen molar-refractivity contribution in [3.8, 4) is 0 Å². The van der Waals surface area contributed by atoms with Crippen LogP contribution in [0, 0.1) is 52.3 Å². The largest absolute Gasteiger partial charge is 0.393 e. The fourth-order valence-electron chi connectivity index (χ4n) is 9.50. The molecular weight excluding hydrogens is 416 g/mol. The zero-order valence-electron chi connectivity index (χ0n) is 21.6. The molecule has 4 rings (SSSR count). The molecule has 5 nitrogen and oxygen atoms in total. The van der Waals surface area contributed by atoms with Crippen LogP contribution in [0.2, 0.25) is 0 Å². The molecule has 0 bridgehead atoms. The molecule has 0 aliphatic heterocycles. The van der Waals surface area contributed by atoms with Crippen LogP contribution in [0.25, 0.3) is 0 Å². The van der Waals surface area contributed by atoms with Crippen molar-refractivity contribution < 1.29 is 25.5 Å². The van der Waals surface area contributed by atoms with Crippen LogP contribution in [-0.2, 0) is 0 Å². The number of hydrogen-bond acceptors (Lipinski definition) is 5. The van der Waals surface area contributed by atoms with Gasteiger partial charge in [0.05, 0.1) is 30.5 Å². The Hall–Kier alpha value is -0.200. The van der Waals surface area contributed by atoms with Crippen LogP contribution in [0.3, 0.4) is 0 Å². The molecule has 4 aliphatic rings. The van der Waals surface area contributed by atoms with E-state index in [2.05, 4.69) is 20.8 Å². The van der Waals surface area contributed by atoms with Crippen molar-refractivity contribution in [1.29, 1.82) is 0 Å². The molecular formula is C28H50O5. The summed E-state index contributed by atoms with van der Waals surface area (Å²) in [5.41, 5.74) is -0.931. The van der Waals surface area contributed by atoms with Gasteiger partial charge in [-0.3, -0.25) is 0 Å². The molecule has 4 aliphatic carbocycles. The Kier molecular flexibility index (Phi) is 7.08. The molecule has 12 atom stereocenters. The Morgan fingerprint density at radius 3 is 2.18 bits per heavy atom. The molecule has 4 saturated carbocycles. The number of rotatable bonds is 6. The van der Waals surface area contributed by atoms with Gasteiger partial charge in [0.25, 0.3) is 0 Å². The van der Waals surface area contributed by atoms with Crippen LogP contribution < -0.4 is 0 Å². The summed E-state index contributed by atoms with van der Waals surface area (Å²) < 4.78 is 0. The quantitative estimate of drug-likeness (QED) is 0.410. The van der Waals surface area contributed by atoms with Crippen LogP contribution >= 0.6 is 0 Å². The van der Waals surface area contributed by atoms with Gasteiger partial charge >= 0.3 is 0 Å². The molecule has 0 aromatic carbocycles. The summed E-state index contributed by atoms with van der Waals surface area (Å²) in [6.07, 6.45) is 6.78. The summed E-state index contributed by atoms with van der Waals surface area (Å²) in [7, 11) is 0. The fraction of sp³-hybridized carbons (Fsp3) is 1.00. The SMILES string of the molecule is CC(C)[C@](O)(CO)CC[C@@H](C)[C@H]1CC(O)C2[C@@H]3C[C@H](O)C4C[C@@H](O)CC[C@]4(C)[C@H]3CC[C@@]21C. The third-order valence-electron chi connectivity index (χ3n) is 11.8. The van der Waals surface area contributed by atoms with Gasteiger partial charge in [0.2, 0.25) is 0 Å². The number of fused-ring (bicyclic) bond motifs is 5. The van der Waals surface area contributed by atoms with E-state index >= 15 is 0 Å². The maximum atomic E-state index is 11.4. The predicted octanol–water partition coefficient (Wildman–Crippen LogP) is 3.74. The predicted molar refractivity (Wildman–Crippen MR) is 129 cm³/mol. The molecule has 0 heterocycles. The van der Waals surface area contributed by atoms with Crippen LogP contribution in [0.4, 0.5) is 0 Å². The summed E-state index contributed by atoms with van der Waals surface area (Å²) in [4.78, 5) is 0. The van der Waals surface area contributed by atoms with Gasteiger partial charge in [-0.1, -0.05) is 34.6 Å². The van der Waals surface area contributed by atoms with Crippen LogP contribution in [0.5, 0.6) is 0 Å². The monoisotopic (exact) mass is 466 g/mol. The Morgan fingerprint density at radius 1 is 0.879 bits per heavy atom. The molecule has 5 N–H and O–H groups in total. The molecule has 0 amide bonds. The molecule has 192 valence electrons. The Bertz CT molecular complexity index is 698. The maximum Gasteiger partial charge on any atom is 0.0900 e. The van der Waals surface area contributed by atoms with E-state index in [1.54, 1.807) is 0 Å². The van der Waals surface area contributed by atoms with E-state index < -0.39 is 5.60 Å². The first kappa shape index (κ1) is 25.9. The van der Waals surface area contributed by atoms with Crippen LogP contribution in [0.15, 0.2) is 0 Å². The highest BCUT2D eigenvalue weighted by atomic mass is 16.3. The van der Waals surface area contributed by atoms with Crippen LogP contribution in [-0.4, -0.2) is 56.1 Å². The van der Waals surface area contributed by atoms with E-state index in [1.807, 2.05) is 13.8 Å². The van der Waals surface area contributed by atoms with Crippen molar-refractivity contribution in [2.75, 3.05) is 6.61 Å². The third-order valence-corrected chi connectivity index (χ3v) is 11.8. The van der Waals surface area contributed by atoms with E-state index in [4.69, 9.17) is 0 Å². The summed E-state index contributed by atoms with van der Waals surface area (Å²) in [6.45, 7) is 10.7. The lowest BCUT2D eigenvalue weighted by Crippen LogP contribution is -2.59. The van der Waals surface area contributed by atoms with Crippen molar-refractivity contribution in [1.82, 2.24) is 0 Å². The molecule has 0 radical (unpaired) electrons. The molecule has 5 heteroatoms. The van der Waals surface area contributed by atoms with E-state index in [-0.39, 0.29) is 53.5 Å². The van der Waals surface area contributed by atoms with Crippen molar-refractivity contribution in [3.63, 3.8) is 0 Å². The van der Waals surface area contributed by atoms with Gasteiger partial charge in [0.1, 0.15) is 0 Å². The zero-order valence-corrected chi connectivity index (χ0v) is 21.6. The zero-order chi connectivity index (χ0) is 24.3. The molecule has 0 aromatic heterocycles. The number of aliphatic hydroxyl groups is 5. The molecule has 0 aromatic rings. The minimum absolute atomic E-state index is 0.00840. The van der Waals surface area contributed by atoms with E-state index in [1.165, 1.54) is 0 Å².